The van der Waals surface area contributed by atoms with Crippen LogP contribution < -0.4 is 15.8 Å². The fourth-order valence-corrected chi connectivity index (χ4v) is 3.28. The number of anilines is 3. The topological polar surface area (TPSA) is 58.8 Å². The maximum absolute atomic E-state index is 12.0. The van der Waals surface area contributed by atoms with Gasteiger partial charge in [0.15, 0.2) is 0 Å². The Hall–Kier alpha value is -2.24. The molecule has 1 heterocycles. The molecule has 0 spiro atoms. The molecule has 0 radical (unpaired) electrons. The summed E-state index contributed by atoms with van der Waals surface area (Å²) in [5.41, 5.74) is 2.80. The van der Waals surface area contributed by atoms with E-state index in [0.29, 0.717) is 16.3 Å². The van der Waals surface area contributed by atoms with E-state index < -0.39 is 5.97 Å². The highest BCUT2D eigenvalue weighted by atomic mass is 35.5. The molecule has 0 atom stereocenters. The zero-order valence-corrected chi connectivity index (χ0v) is 15.0. The number of ether oxygens (including phenoxy) is 1. The highest BCUT2D eigenvalue weighted by molar-refractivity contribution is 6.31. The molecule has 3 rings (SSSR count). The second kappa shape index (κ2) is 7.76. The molecule has 1 fully saturated rings. The third-order valence-electron chi connectivity index (χ3n) is 4.45. The van der Waals surface area contributed by atoms with E-state index in [1.54, 1.807) is 18.2 Å². The number of piperidine rings is 1. The smallest absolute Gasteiger partial charge is 0.340 e. The van der Waals surface area contributed by atoms with E-state index >= 15 is 0 Å². The molecular weight excluding hydrogens is 338 g/mol. The SMILES string of the molecule is COC(=O)c1ccc(Cl)cc1N(N)c1cccc(N2CCCCC2)c1. The lowest BCUT2D eigenvalue weighted by molar-refractivity contribution is 0.0601. The summed E-state index contributed by atoms with van der Waals surface area (Å²) in [6, 6.07) is 12.9. The summed E-state index contributed by atoms with van der Waals surface area (Å²) in [6.07, 6.45) is 3.69. The molecule has 0 amide bonds. The molecule has 6 heteroatoms. The first-order valence-electron chi connectivity index (χ1n) is 8.38. The number of hydrogen-bond donors (Lipinski definition) is 1. The minimum absolute atomic E-state index is 0.373. The molecule has 132 valence electrons. The van der Waals surface area contributed by atoms with Crippen LogP contribution in [0.25, 0.3) is 0 Å². The monoisotopic (exact) mass is 359 g/mol. The minimum atomic E-state index is -0.450. The summed E-state index contributed by atoms with van der Waals surface area (Å²) in [4.78, 5) is 14.4. The number of rotatable bonds is 4. The first-order valence-corrected chi connectivity index (χ1v) is 8.75. The van der Waals surface area contributed by atoms with Crippen LogP contribution in [0.15, 0.2) is 42.5 Å². The minimum Gasteiger partial charge on any atom is -0.465 e. The maximum atomic E-state index is 12.0. The molecule has 2 aromatic rings. The van der Waals surface area contributed by atoms with Gasteiger partial charge in [-0.15, -0.1) is 0 Å². The lowest BCUT2D eigenvalue weighted by Crippen LogP contribution is -2.30. The number of carbonyl (C=O) groups excluding carboxylic acids is 1. The predicted octanol–water partition coefficient (Wildman–Crippen LogP) is 4.13. The van der Waals surface area contributed by atoms with E-state index in [2.05, 4.69) is 11.0 Å². The molecule has 5 nitrogen and oxygen atoms in total. The van der Waals surface area contributed by atoms with Gasteiger partial charge in [0.2, 0.25) is 0 Å². The molecule has 1 aliphatic rings. The van der Waals surface area contributed by atoms with Crippen molar-refractivity contribution in [3.8, 4) is 0 Å². The van der Waals surface area contributed by atoms with Gasteiger partial charge in [-0.25, -0.2) is 10.6 Å². The van der Waals surface area contributed by atoms with E-state index in [1.165, 1.54) is 31.4 Å². The molecule has 25 heavy (non-hydrogen) atoms. The third kappa shape index (κ3) is 3.89. The Balaban J connectivity index is 1.94. The fourth-order valence-electron chi connectivity index (χ4n) is 3.12. The van der Waals surface area contributed by atoms with Gasteiger partial charge < -0.3 is 9.64 Å². The third-order valence-corrected chi connectivity index (χ3v) is 4.69. The van der Waals surface area contributed by atoms with Gasteiger partial charge in [0.25, 0.3) is 0 Å². The Morgan fingerprint density at radius 3 is 2.64 bits per heavy atom. The Bertz CT molecular complexity index is 760. The van der Waals surface area contributed by atoms with Crippen LogP contribution in [-0.2, 0) is 4.74 Å². The maximum Gasteiger partial charge on any atom is 0.340 e. The fraction of sp³-hybridized carbons (Fsp3) is 0.316. The van der Waals surface area contributed by atoms with Crippen molar-refractivity contribution in [1.29, 1.82) is 0 Å². The standard InChI is InChI=1S/C19H22ClN3O2/c1-25-19(24)17-9-8-14(20)12-18(17)23(21)16-7-5-6-15(13-16)22-10-3-2-4-11-22/h5-9,12-13H,2-4,10-11,21H2,1H3. The number of hydrazine groups is 1. The van der Waals surface area contributed by atoms with Crippen molar-refractivity contribution in [3.05, 3.63) is 53.1 Å². The van der Waals surface area contributed by atoms with Crippen molar-refractivity contribution in [2.75, 3.05) is 30.1 Å². The van der Waals surface area contributed by atoms with E-state index in [4.69, 9.17) is 22.2 Å². The average Bonchev–Trinajstić information content (AvgIpc) is 2.67. The first kappa shape index (κ1) is 17.6. The Morgan fingerprint density at radius 1 is 1.16 bits per heavy atom. The highest BCUT2D eigenvalue weighted by Gasteiger charge is 2.18. The van der Waals surface area contributed by atoms with Crippen molar-refractivity contribution < 1.29 is 9.53 Å². The molecule has 0 aromatic heterocycles. The number of methoxy groups -OCH3 is 1. The molecule has 1 saturated heterocycles. The molecule has 1 aliphatic heterocycles. The molecule has 2 N–H and O–H groups in total. The van der Waals surface area contributed by atoms with Crippen molar-refractivity contribution >= 4 is 34.6 Å². The molecule has 0 saturated carbocycles. The van der Waals surface area contributed by atoms with Crippen LogP contribution in [0.1, 0.15) is 29.6 Å². The van der Waals surface area contributed by atoms with Crippen molar-refractivity contribution in [2.45, 2.75) is 19.3 Å². The number of carbonyl (C=O) groups is 1. The average molecular weight is 360 g/mol. The van der Waals surface area contributed by atoms with Gasteiger partial charge in [-0.1, -0.05) is 17.7 Å². The van der Waals surface area contributed by atoms with Crippen LogP contribution >= 0.6 is 11.6 Å². The summed E-state index contributed by atoms with van der Waals surface area (Å²) in [7, 11) is 1.35. The first-order chi connectivity index (χ1) is 12.1. The largest absolute Gasteiger partial charge is 0.465 e. The van der Waals surface area contributed by atoms with Crippen LogP contribution in [0.4, 0.5) is 17.1 Å². The lowest BCUT2D eigenvalue weighted by atomic mass is 10.1. The van der Waals surface area contributed by atoms with Gasteiger partial charge in [0.1, 0.15) is 0 Å². The molecule has 0 unspecified atom stereocenters. The molecular formula is C19H22ClN3O2. The molecule has 0 bridgehead atoms. The van der Waals surface area contributed by atoms with Gasteiger partial charge in [0, 0.05) is 23.8 Å². The van der Waals surface area contributed by atoms with E-state index in [0.717, 1.165) is 24.5 Å². The number of benzene rings is 2. The van der Waals surface area contributed by atoms with Gasteiger partial charge in [-0.2, -0.15) is 0 Å². The normalized spacial score (nSPS) is 14.3. The lowest BCUT2D eigenvalue weighted by Gasteiger charge is -2.30. The number of esters is 1. The predicted molar refractivity (Wildman–Crippen MR) is 102 cm³/mol. The zero-order valence-electron chi connectivity index (χ0n) is 14.2. The number of nitrogens with zero attached hydrogens (tertiary/aromatic N) is 2. The van der Waals surface area contributed by atoms with Gasteiger partial charge in [0.05, 0.1) is 24.0 Å². The Kier molecular flexibility index (Phi) is 5.46. The van der Waals surface area contributed by atoms with E-state index in [1.807, 2.05) is 18.2 Å². The summed E-state index contributed by atoms with van der Waals surface area (Å²) in [5, 5.41) is 1.98. The Morgan fingerprint density at radius 2 is 1.92 bits per heavy atom. The quantitative estimate of drug-likeness (QED) is 0.505. The molecule has 0 aliphatic carbocycles. The van der Waals surface area contributed by atoms with Crippen LogP contribution in [0.3, 0.4) is 0 Å². The van der Waals surface area contributed by atoms with E-state index in [-0.39, 0.29) is 0 Å². The van der Waals surface area contributed by atoms with Crippen LogP contribution in [0.5, 0.6) is 0 Å². The summed E-state index contributed by atoms with van der Waals surface area (Å²) in [6.45, 7) is 2.11. The van der Waals surface area contributed by atoms with Gasteiger partial charge >= 0.3 is 5.97 Å². The Labute approximate surface area is 152 Å². The molecule has 2 aromatic carbocycles. The summed E-state index contributed by atoms with van der Waals surface area (Å²) < 4.78 is 4.85. The van der Waals surface area contributed by atoms with Crippen molar-refractivity contribution in [2.24, 2.45) is 5.84 Å². The second-order valence-electron chi connectivity index (χ2n) is 6.09. The van der Waals surface area contributed by atoms with Crippen molar-refractivity contribution in [1.82, 2.24) is 0 Å². The highest BCUT2D eigenvalue weighted by Crippen LogP contribution is 2.31. The summed E-state index contributed by atoms with van der Waals surface area (Å²) in [5.74, 6) is 5.88. The van der Waals surface area contributed by atoms with E-state index in [9.17, 15) is 4.79 Å². The summed E-state index contributed by atoms with van der Waals surface area (Å²) >= 11 is 6.11. The number of hydrogen-bond acceptors (Lipinski definition) is 5. The number of halogens is 1. The zero-order chi connectivity index (χ0) is 17.8. The number of nitrogens with two attached hydrogens (primary N) is 1. The van der Waals surface area contributed by atoms with Gasteiger partial charge in [-0.3, -0.25) is 5.01 Å². The van der Waals surface area contributed by atoms with Crippen LogP contribution in [0.2, 0.25) is 5.02 Å². The van der Waals surface area contributed by atoms with Crippen LogP contribution in [0, 0.1) is 0 Å². The van der Waals surface area contributed by atoms with Gasteiger partial charge in [-0.05, 0) is 55.7 Å². The van der Waals surface area contributed by atoms with Crippen molar-refractivity contribution in [3.63, 3.8) is 0 Å². The van der Waals surface area contributed by atoms with Crippen LogP contribution in [-0.4, -0.2) is 26.2 Å². The second-order valence-corrected chi connectivity index (χ2v) is 6.53.